The van der Waals surface area contributed by atoms with Gasteiger partial charge in [0, 0.05) is 42.1 Å². The second kappa shape index (κ2) is 125. The van der Waals surface area contributed by atoms with Crippen LogP contribution in [0.5, 0.6) is 0 Å². The molecule has 0 N–H and O–H groups in total. The van der Waals surface area contributed by atoms with Gasteiger partial charge in [0.25, 0.3) is 0 Å². The Balaban J connectivity index is -0.0000000213. The van der Waals surface area contributed by atoms with Crippen molar-refractivity contribution in [1.29, 1.82) is 0 Å². The summed E-state index contributed by atoms with van der Waals surface area (Å²) in [7, 11) is 0. The van der Waals surface area contributed by atoms with Gasteiger partial charge >= 0.3 is 67.8 Å². The predicted octanol–water partition coefficient (Wildman–Crippen LogP) is 1.78. The minimum Gasteiger partial charge on any atom is -0.999 e. The SMILES string of the molecule is [C-]#[O+].[C-]#[O+].[C-]#[O+].[C-]#[O+].[C-]#[O+].[C-]#[O+].[Mo].[Mo].[c-]1[c-][c-][cH-][c-]1.c1cc[cH-]c1. The molecule has 8 heteroatoms. The zero-order valence-corrected chi connectivity index (χ0v) is 15.7. The Morgan fingerprint density at radius 2 is 0.792 bits per heavy atom. The third-order valence-electron chi connectivity index (χ3n) is 0.907. The summed E-state index contributed by atoms with van der Waals surface area (Å²) in [4.78, 5) is 0. The molecule has 0 bridgehead atoms. The quantitative estimate of drug-likeness (QED) is 0.307. The maximum absolute atomic E-state index is 7.50. The van der Waals surface area contributed by atoms with Gasteiger partial charge in [0.2, 0.25) is 0 Å². The Labute approximate surface area is 170 Å². The molecule has 2 aromatic rings. The summed E-state index contributed by atoms with van der Waals surface area (Å²) >= 11 is 0. The Morgan fingerprint density at radius 3 is 0.875 bits per heavy atom. The van der Waals surface area contributed by atoms with Crippen LogP contribution in [0.25, 0.3) is 0 Å². The first-order valence-electron chi connectivity index (χ1n) is 4.22. The van der Waals surface area contributed by atoms with Crippen LogP contribution in [0.1, 0.15) is 0 Å². The first-order valence-corrected chi connectivity index (χ1v) is 4.22. The smallest absolute Gasteiger partial charge is 0 e. The van der Waals surface area contributed by atoms with Gasteiger partial charge in [-0.2, -0.15) is 18.2 Å². The van der Waals surface area contributed by atoms with Crippen molar-refractivity contribution in [3.8, 4) is 0 Å². The van der Waals surface area contributed by atoms with Crippen molar-refractivity contribution in [2.24, 2.45) is 0 Å². The predicted molar refractivity (Wildman–Crippen MR) is 63.0 cm³/mol. The van der Waals surface area contributed by atoms with Crippen LogP contribution in [0.4, 0.5) is 0 Å². The van der Waals surface area contributed by atoms with E-state index >= 15 is 0 Å². The molecule has 0 saturated heterocycles. The first-order chi connectivity index (χ1) is 11.0. The topological polar surface area (TPSA) is 119 Å². The molecule has 124 valence electrons. The second-order valence-electron chi connectivity index (χ2n) is 1.65. The molecule has 0 aliphatic heterocycles. The molecule has 0 spiro atoms. The molecule has 0 radical (unpaired) electrons. The molecule has 2 rings (SSSR count). The normalized spacial score (nSPS) is 3.83. The van der Waals surface area contributed by atoms with Gasteiger partial charge < -0.3 is 30.3 Å². The summed E-state index contributed by atoms with van der Waals surface area (Å²) in [6, 6.07) is 22.0. The van der Waals surface area contributed by atoms with Crippen molar-refractivity contribution in [3.05, 3.63) is 101 Å². The summed E-state index contributed by atoms with van der Waals surface area (Å²) in [5.74, 6) is 0. The molecule has 2 aromatic carbocycles. The van der Waals surface area contributed by atoms with Crippen LogP contribution in [0.2, 0.25) is 0 Å². The van der Waals surface area contributed by atoms with Gasteiger partial charge in [-0.1, -0.05) is 0 Å². The molecule has 0 amide bonds. The van der Waals surface area contributed by atoms with E-state index < -0.39 is 0 Å². The molecule has 0 saturated carbocycles. The molecule has 0 fully saturated rings. The molecule has 0 aliphatic carbocycles. The van der Waals surface area contributed by atoms with E-state index in [2.05, 4.69) is 64.2 Å². The van der Waals surface area contributed by atoms with E-state index in [4.69, 9.17) is 27.9 Å². The zero-order valence-electron chi connectivity index (χ0n) is 11.7. The minimum atomic E-state index is 0. The van der Waals surface area contributed by atoms with Crippen molar-refractivity contribution in [3.63, 3.8) is 0 Å². The molecular formula is C16H6Mo2O6-6. The fourth-order valence-electron chi connectivity index (χ4n) is 0.501. The molecule has 0 atom stereocenters. The van der Waals surface area contributed by atoms with Crippen LogP contribution in [0.15, 0.2) is 36.4 Å². The summed E-state index contributed by atoms with van der Waals surface area (Å²) in [6.07, 6.45) is 0. The van der Waals surface area contributed by atoms with Crippen LogP contribution >= 0.6 is 0 Å². The Hall–Kier alpha value is -1.48. The molecule has 0 unspecified atom stereocenters. The Morgan fingerprint density at radius 1 is 0.542 bits per heavy atom. The fourth-order valence-corrected chi connectivity index (χ4v) is 0.501. The van der Waals surface area contributed by atoms with E-state index in [9.17, 15) is 0 Å². The van der Waals surface area contributed by atoms with Gasteiger partial charge in [-0.3, -0.25) is 0 Å². The van der Waals surface area contributed by atoms with Crippen molar-refractivity contribution < 1.29 is 70.0 Å². The van der Waals surface area contributed by atoms with Crippen LogP contribution in [-0.2, 0) is 70.0 Å². The maximum Gasteiger partial charge on any atom is 0 e. The number of hydrogen-bond acceptors (Lipinski definition) is 0. The molecule has 24 heavy (non-hydrogen) atoms. The van der Waals surface area contributed by atoms with Crippen LogP contribution in [-0.4, -0.2) is 0 Å². The maximum atomic E-state index is 7.50. The molecule has 0 heterocycles. The third kappa shape index (κ3) is 108. The van der Waals surface area contributed by atoms with Crippen LogP contribution in [0.3, 0.4) is 0 Å². The van der Waals surface area contributed by atoms with E-state index in [1.54, 1.807) is 6.07 Å². The summed E-state index contributed by atoms with van der Waals surface area (Å²) in [5.41, 5.74) is 0. The standard InChI is InChI=1S/C5H5.C5H.6CO.2Mo/c2*1-2-4-5-3-1;6*1-2;;/h1-5H;1H;;;;;;;;/q-1;-5;;;;;;;;. The summed E-state index contributed by atoms with van der Waals surface area (Å²) < 4.78 is 45.0. The van der Waals surface area contributed by atoms with E-state index in [0.29, 0.717) is 0 Å². The Kier molecular flexibility index (Phi) is 257. The number of rotatable bonds is 0. The molecular weight excluding hydrogens is 480 g/mol. The average Bonchev–Trinajstić information content (AvgIpc) is 3.43. The van der Waals surface area contributed by atoms with Gasteiger partial charge in [-0.05, 0) is 0 Å². The van der Waals surface area contributed by atoms with Crippen molar-refractivity contribution in [2.75, 3.05) is 0 Å². The zero-order chi connectivity index (χ0) is 19.1. The average molecular weight is 486 g/mol. The van der Waals surface area contributed by atoms with Crippen molar-refractivity contribution in [2.45, 2.75) is 0 Å². The van der Waals surface area contributed by atoms with Crippen molar-refractivity contribution in [1.82, 2.24) is 0 Å². The Bertz CT molecular complexity index is 329. The minimum absolute atomic E-state index is 0. The van der Waals surface area contributed by atoms with Crippen molar-refractivity contribution >= 4 is 0 Å². The van der Waals surface area contributed by atoms with Gasteiger partial charge in [-0.25, -0.2) is 12.1 Å². The van der Waals surface area contributed by atoms with Gasteiger partial charge in [-0.15, -0.1) is 0 Å². The third-order valence-corrected chi connectivity index (χ3v) is 0.907. The summed E-state index contributed by atoms with van der Waals surface area (Å²) in [6.45, 7) is 27.0. The molecule has 6 nitrogen and oxygen atoms in total. The monoisotopic (exact) mass is 490 g/mol. The van der Waals surface area contributed by atoms with Crippen LogP contribution in [0, 0.1) is 64.2 Å². The largest absolute Gasteiger partial charge is 0.999 e. The number of hydrogen-bond donors (Lipinski definition) is 0. The van der Waals surface area contributed by atoms with Gasteiger partial charge in [0.05, 0.1) is 0 Å². The van der Waals surface area contributed by atoms with Gasteiger partial charge in [0.1, 0.15) is 0 Å². The summed E-state index contributed by atoms with van der Waals surface area (Å²) in [5, 5.41) is 0. The fraction of sp³-hybridized carbons (Fsp3) is 0. The second-order valence-corrected chi connectivity index (χ2v) is 1.65. The van der Waals surface area contributed by atoms with E-state index in [-0.39, 0.29) is 42.1 Å². The van der Waals surface area contributed by atoms with E-state index in [1.165, 1.54) is 0 Å². The van der Waals surface area contributed by atoms with E-state index in [1.807, 2.05) is 30.3 Å². The van der Waals surface area contributed by atoms with E-state index in [0.717, 1.165) is 0 Å². The molecule has 0 aliphatic rings. The first kappa shape index (κ1) is 49.5. The van der Waals surface area contributed by atoms with Crippen LogP contribution < -0.4 is 0 Å². The molecule has 0 aromatic heterocycles. The van der Waals surface area contributed by atoms with Gasteiger partial charge in [0.15, 0.2) is 0 Å².